The highest BCUT2D eigenvalue weighted by Gasteiger charge is 2.35. The van der Waals surface area contributed by atoms with Crippen molar-refractivity contribution in [1.29, 1.82) is 0 Å². The van der Waals surface area contributed by atoms with E-state index in [1.807, 2.05) is 13.8 Å². The number of aromatic nitrogens is 1. The molecule has 0 saturated carbocycles. The molecular formula is C21H27N3O2. The Morgan fingerprint density at radius 3 is 2.58 bits per heavy atom. The predicted molar refractivity (Wildman–Crippen MR) is 102 cm³/mol. The molecule has 4 rings (SSSR count). The Morgan fingerprint density at radius 1 is 1.15 bits per heavy atom. The molecule has 26 heavy (non-hydrogen) atoms. The lowest BCUT2D eigenvalue weighted by atomic mass is 9.72. The fourth-order valence-corrected chi connectivity index (χ4v) is 4.60. The Bertz CT molecular complexity index is 773. The van der Waals surface area contributed by atoms with Gasteiger partial charge in [-0.3, -0.25) is 5.01 Å². The molecule has 0 amide bonds. The summed E-state index contributed by atoms with van der Waals surface area (Å²) in [5, 5.41) is 10.8. The van der Waals surface area contributed by atoms with E-state index in [-0.39, 0.29) is 0 Å². The molecule has 1 unspecified atom stereocenters. The van der Waals surface area contributed by atoms with Crippen LogP contribution in [0, 0.1) is 25.7 Å². The van der Waals surface area contributed by atoms with Gasteiger partial charge in [0, 0.05) is 44.5 Å². The molecule has 0 spiro atoms. The molecule has 1 aromatic carbocycles. The molecule has 2 aromatic rings. The predicted octanol–water partition coefficient (Wildman–Crippen LogP) is 4.02. The normalized spacial score (nSPS) is 22.1. The minimum Gasteiger partial charge on any atom is -0.381 e. The van der Waals surface area contributed by atoms with Crippen molar-refractivity contribution in [1.82, 2.24) is 10.2 Å². The van der Waals surface area contributed by atoms with Crippen molar-refractivity contribution >= 4 is 6.21 Å². The van der Waals surface area contributed by atoms with Crippen molar-refractivity contribution in [3.63, 3.8) is 0 Å². The summed E-state index contributed by atoms with van der Waals surface area (Å²) in [5.41, 5.74) is 4.74. The van der Waals surface area contributed by atoms with Gasteiger partial charge in [0.25, 0.3) is 0 Å². The third kappa shape index (κ3) is 3.16. The lowest BCUT2D eigenvalue weighted by Gasteiger charge is -2.35. The molecule has 5 nitrogen and oxygen atoms in total. The summed E-state index contributed by atoms with van der Waals surface area (Å²) in [6.07, 6.45) is 4.35. The Morgan fingerprint density at radius 2 is 1.92 bits per heavy atom. The molecular weight excluding hydrogens is 326 g/mol. The van der Waals surface area contributed by atoms with Crippen LogP contribution in [0.3, 0.4) is 0 Å². The van der Waals surface area contributed by atoms with Crippen LogP contribution in [0.1, 0.15) is 35.8 Å². The third-order valence-corrected chi connectivity index (χ3v) is 5.79. The maximum Gasteiger partial charge on any atom is 0.141 e. The molecule has 2 aliphatic rings. The van der Waals surface area contributed by atoms with Gasteiger partial charge in [-0.25, -0.2) is 0 Å². The number of hydrogen-bond donors (Lipinski definition) is 0. The fraction of sp³-hybridized carbons (Fsp3) is 0.524. The average Bonchev–Trinajstić information content (AvgIpc) is 3.22. The average molecular weight is 353 g/mol. The van der Waals surface area contributed by atoms with Crippen LogP contribution in [0.2, 0.25) is 0 Å². The van der Waals surface area contributed by atoms with Crippen LogP contribution in [0.5, 0.6) is 0 Å². The molecule has 138 valence electrons. The van der Waals surface area contributed by atoms with Crippen molar-refractivity contribution in [3.8, 4) is 11.1 Å². The van der Waals surface area contributed by atoms with Gasteiger partial charge in [0.05, 0.1) is 5.69 Å². The summed E-state index contributed by atoms with van der Waals surface area (Å²) in [6.45, 7) is 6.71. The minimum atomic E-state index is 0.421. The summed E-state index contributed by atoms with van der Waals surface area (Å²) < 4.78 is 11.1. The van der Waals surface area contributed by atoms with E-state index in [0.29, 0.717) is 17.8 Å². The van der Waals surface area contributed by atoms with E-state index in [1.165, 1.54) is 11.1 Å². The number of nitrogens with zero attached hydrogens (tertiary/aromatic N) is 3. The zero-order valence-electron chi connectivity index (χ0n) is 15.8. The number of ether oxygens (including phenoxy) is 1. The molecule has 1 aromatic heterocycles. The first-order valence-corrected chi connectivity index (χ1v) is 9.50. The second kappa shape index (κ2) is 7.23. The highest BCUT2D eigenvalue weighted by Crippen LogP contribution is 2.43. The van der Waals surface area contributed by atoms with Gasteiger partial charge < -0.3 is 9.26 Å². The van der Waals surface area contributed by atoms with Crippen LogP contribution < -0.4 is 0 Å². The van der Waals surface area contributed by atoms with Crippen LogP contribution in [0.4, 0.5) is 0 Å². The van der Waals surface area contributed by atoms with E-state index in [0.717, 1.165) is 49.6 Å². The maximum absolute atomic E-state index is 5.64. The van der Waals surface area contributed by atoms with Gasteiger partial charge in [-0.05, 0) is 49.7 Å². The quantitative estimate of drug-likeness (QED) is 0.833. The van der Waals surface area contributed by atoms with Gasteiger partial charge in [-0.2, -0.15) is 5.10 Å². The molecule has 0 N–H and O–H groups in total. The van der Waals surface area contributed by atoms with E-state index in [9.17, 15) is 0 Å². The number of aryl methyl sites for hydroxylation is 2. The Kier molecular flexibility index (Phi) is 4.81. The molecule has 2 aliphatic heterocycles. The van der Waals surface area contributed by atoms with E-state index in [4.69, 9.17) is 9.26 Å². The van der Waals surface area contributed by atoms with Crippen LogP contribution in [-0.4, -0.2) is 43.2 Å². The first kappa shape index (κ1) is 17.3. The summed E-state index contributed by atoms with van der Waals surface area (Å²) in [6, 6.07) is 8.76. The Labute approximate surface area is 155 Å². The SMILES string of the molecule is Cc1noc(C)c1-c1ccccc1C(C1CCOCC1)[C@@H]1C=NN(C)C1. The highest BCUT2D eigenvalue weighted by molar-refractivity contribution is 5.73. The molecule has 1 fully saturated rings. The molecule has 2 atom stereocenters. The van der Waals surface area contributed by atoms with E-state index in [2.05, 4.69) is 52.8 Å². The summed E-state index contributed by atoms with van der Waals surface area (Å²) in [5.74, 6) is 2.34. The largest absolute Gasteiger partial charge is 0.381 e. The Balaban J connectivity index is 1.80. The molecule has 0 radical (unpaired) electrons. The topological polar surface area (TPSA) is 50.9 Å². The lowest BCUT2D eigenvalue weighted by molar-refractivity contribution is 0.0534. The number of benzene rings is 1. The van der Waals surface area contributed by atoms with Crippen molar-refractivity contribution in [2.45, 2.75) is 32.6 Å². The third-order valence-electron chi connectivity index (χ3n) is 5.79. The zero-order chi connectivity index (χ0) is 18.1. The van der Waals surface area contributed by atoms with E-state index < -0.39 is 0 Å². The first-order chi connectivity index (χ1) is 12.6. The van der Waals surface area contributed by atoms with Gasteiger partial charge in [0.1, 0.15) is 5.76 Å². The van der Waals surface area contributed by atoms with Crippen LogP contribution >= 0.6 is 0 Å². The van der Waals surface area contributed by atoms with Crippen molar-refractivity contribution in [3.05, 3.63) is 41.3 Å². The fourth-order valence-electron chi connectivity index (χ4n) is 4.60. The summed E-state index contributed by atoms with van der Waals surface area (Å²) in [7, 11) is 2.05. The maximum atomic E-state index is 5.64. The number of hydrazone groups is 1. The second-order valence-electron chi connectivity index (χ2n) is 7.53. The first-order valence-electron chi connectivity index (χ1n) is 9.50. The van der Waals surface area contributed by atoms with Crippen molar-refractivity contribution in [2.75, 3.05) is 26.8 Å². The van der Waals surface area contributed by atoms with E-state index in [1.54, 1.807) is 0 Å². The number of hydrogen-bond acceptors (Lipinski definition) is 5. The molecule has 5 heteroatoms. The van der Waals surface area contributed by atoms with Gasteiger partial charge in [-0.1, -0.05) is 29.4 Å². The van der Waals surface area contributed by atoms with Crippen LogP contribution in [-0.2, 0) is 4.74 Å². The zero-order valence-corrected chi connectivity index (χ0v) is 15.8. The minimum absolute atomic E-state index is 0.421. The van der Waals surface area contributed by atoms with Gasteiger partial charge in [0.15, 0.2) is 0 Å². The molecule has 0 bridgehead atoms. The van der Waals surface area contributed by atoms with Crippen LogP contribution in [0.15, 0.2) is 33.9 Å². The standard InChI is InChI=1S/C21H27N3O2/c1-14-20(15(2)26-23-14)18-6-4-5-7-19(18)21(16-8-10-25-11-9-16)17-12-22-24(3)13-17/h4-7,12,16-17,21H,8-11,13H2,1-3H3/t17-,21?/m1/s1. The van der Waals surface area contributed by atoms with E-state index >= 15 is 0 Å². The lowest BCUT2D eigenvalue weighted by Crippen LogP contribution is -2.30. The molecule has 0 aliphatic carbocycles. The summed E-state index contributed by atoms with van der Waals surface area (Å²) >= 11 is 0. The van der Waals surface area contributed by atoms with Gasteiger partial charge in [0.2, 0.25) is 0 Å². The second-order valence-corrected chi connectivity index (χ2v) is 7.53. The molecule has 3 heterocycles. The van der Waals surface area contributed by atoms with Gasteiger partial charge >= 0.3 is 0 Å². The van der Waals surface area contributed by atoms with Gasteiger partial charge in [-0.15, -0.1) is 0 Å². The van der Waals surface area contributed by atoms with Crippen molar-refractivity contribution < 1.29 is 9.26 Å². The molecule has 1 saturated heterocycles. The van der Waals surface area contributed by atoms with Crippen LogP contribution in [0.25, 0.3) is 11.1 Å². The monoisotopic (exact) mass is 353 g/mol. The Hall–Kier alpha value is -2.14. The summed E-state index contributed by atoms with van der Waals surface area (Å²) in [4.78, 5) is 0. The van der Waals surface area contributed by atoms with Crippen molar-refractivity contribution in [2.24, 2.45) is 16.9 Å². The smallest absolute Gasteiger partial charge is 0.141 e. The number of rotatable bonds is 4. The highest BCUT2D eigenvalue weighted by atomic mass is 16.5.